The summed E-state index contributed by atoms with van der Waals surface area (Å²) in [5, 5.41) is 12.8. The van der Waals surface area contributed by atoms with Gasteiger partial charge in [0.1, 0.15) is 0 Å². The van der Waals surface area contributed by atoms with Gasteiger partial charge in [0.05, 0.1) is 18.3 Å². The van der Waals surface area contributed by atoms with Crippen LogP contribution in [0, 0.1) is 0 Å². The lowest BCUT2D eigenvalue weighted by Gasteiger charge is -2.17. The number of hydrogen-bond donors (Lipinski definition) is 2. The average Bonchev–Trinajstić information content (AvgIpc) is 2.35. The molecule has 2 N–H and O–H groups in total. The van der Waals surface area contributed by atoms with E-state index in [0.29, 0.717) is 6.61 Å². The Labute approximate surface area is 110 Å². The van der Waals surface area contributed by atoms with Gasteiger partial charge in [0.25, 0.3) is 0 Å². The molecule has 3 nitrogen and oxygen atoms in total. The number of hydrogen-bond acceptors (Lipinski definition) is 3. The monoisotopic (exact) mass is 277 g/mol. The standard InChI is InChI=1S/C13H18F3NO2/c1-9(8-19-2)17-7-12(18)10-4-3-5-11(6-10)13(14,15)16/h3-6,9,12,17-18H,7-8H2,1-2H3. The van der Waals surface area contributed by atoms with E-state index in [1.807, 2.05) is 6.92 Å². The first-order chi connectivity index (χ1) is 8.84. The molecule has 2 atom stereocenters. The number of ether oxygens (including phenoxy) is 1. The van der Waals surface area contributed by atoms with E-state index in [2.05, 4.69) is 5.32 Å². The molecule has 1 aromatic carbocycles. The third-order valence-electron chi connectivity index (χ3n) is 2.68. The van der Waals surface area contributed by atoms with Crippen molar-refractivity contribution in [3.8, 4) is 0 Å². The van der Waals surface area contributed by atoms with Gasteiger partial charge in [0, 0.05) is 19.7 Å². The topological polar surface area (TPSA) is 41.5 Å². The number of alkyl halides is 3. The van der Waals surface area contributed by atoms with E-state index in [0.717, 1.165) is 12.1 Å². The van der Waals surface area contributed by atoms with Crippen molar-refractivity contribution in [2.45, 2.75) is 25.2 Å². The van der Waals surface area contributed by atoms with Gasteiger partial charge in [-0.3, -0.25) is 0 Å². The quantitative estimate of drug-likeness (QED) is 0.838. The van der Waals surface area contributed by atoms with Crippen molar-refractivity contribution in [1.82, 2.24) is 5.32 Å². The maximum Gasteiger partial charge on any atom is 0.416 e. The Bertz CT molecular complexity index is 396. The first-order valence-corrected chi connectivity index (χ1v) is 5.92. The molecule has 0 aromatic heterocycles. The van der Waals surface area contributed by atoms with Crippen molar-refractivity contribution >= 4 is 0 Å². The average molecular weight is 277 g/mol. The van der Waals surface area contributed by atoms with Gasteiger partial charge in [-0.15, -0.1) is 0 Å². The zero-order valence-corrected chi connectivity index (χ0v) is 10.9. The molecule has 0 heterocycles. The largest absolute Gasteiger partial charge is 0.416 e. The van der Waals surface area contributed by atoms with Gasteiger partial charge in [-0.2, -0.15) is 13.2 Å². The second-order valence-electron chi connectivity index (χ2n) is 4.40. The van der Waals surface area contributed by atoms with Crippen LogP contribution in [-0.4, -0.2) is 31.4 Å². The van der Waals surface area contributed by atoms with Gasteiger partial charge in [-0.05, 0) is 24.6 Å². The van der Waals surface area contributed by atoms with Crippen LogP contribution in [-0.2, 0) is 10.9 Å². The highest BCUT2D eigenvalue weighted by atomic mass is 19.4. The SMILES string of the molecule is COCC(C)NCC(O)c1cccc(C(F)(F)F)c1. The number of rotatable bonds is 6. The molecule has 1 aromatic rings. The van der Waals surface area contributed by atoms with Gasteiger partial charge in [-0.25, -0.2) is 0 Å². The molecular weight excluding hydrogens is 259 g/mol. The molecular formula is C13H18F3NO2. The molecule has 0 aliphatic heterocycles. The van der Waals surface area contributed by atoms with E-state index in [1.54, 1.807) is 7.11 Å². The van der Waals surface area contributed by atoms with Crippen LogP contribution in [0.2, 0.25) is 0 Å². The summed E-state index contributed by atoms with van der Waals surface area (Å²) in [6.07, 6.45) is -5.38. The van der Waals surface area contributed by atoms with Crippen LogP contribution in [0.1, 0.15) is 24.2 Å². The number of methoxy groups -OCH3 is 1. The highest BCUT2D eigenvalue weighted by molar-refractivity contribution is 5.27. The van der Waals surface area contributed by atoms with Crippen LogP contribution in [0.5, 0.6) is 0 Å². The molecule has 0 spiro atoms. The lowest BCUT2D eigenvalue weighted by molar-refractivity contribution is -0.137. The summed E-state index contributed by atoms with van der Waals surface area (Å²) < 4.78 is 42.5. The Morgan fingerprint density at radius 1 is 1.37 bits per heavy atom. The number of benzene rings is 1. The van der Waals surface area contributed by atoms with Gasteiger partial charge in [0.2, 0.25) is 0 Å². The Morgan fingerprint density at radius 3 is 2.63 bits per heavy atom. The predicted molar refractivity (Wildman–Crippen MR) is 65.7 cm³/mol. The first-order valence-electron chi connectivity index (χ1n) is 5.92. The van der Waals surface area contributed by atoms with Crippen LogP contribution >= 0.6 is 0 Å². The summed E-state index contributed by atoms with van der Waals surface area (Å²) >= 11 is 0. The zero-order valence-electron chi connectivity index (χ0n) is 10.9. The summed E-state index contributed by atoms with van der Waals surface area (Å²) in [5.41, 5.74) is -0.513. The molecule has 0 aliphatic carbocycles. The Balaban J connectivity index is 2.64. The van der Waals surface area contributed by atoms with Crippen LogP contribution in [0.15, 0.2) is 24.3 Å². The molecule has 19 heavy (non-hydrogen) atoms. The smallest absolute Gasteiger partial charge is 0.387 e. The summed E-state index contributed by atoms with van der Waals surface area (Å²) in [6.45, 7) is 2.50. The second kappa shape index (κ2) is 6.88. The van der Waals surface area contributed by atoms with E-state index in [-0.39, 0.29) is 18.2 Å². The van der Waals surface area contributed by atoms with Gasteiger partial charge in [0.15, 0.2) is 0 Å². The first kappa shape index (κ1) is 15.9. The maximum atomic E-state index is 12.5. The van der Waals surface area contributed by atoms with Crippen LogP contribution in [0.3, 0.4) is 0 Å². The van der Waals surface area contributed by atoms with Crippen LogP contribution in [0.4, 0.5) is 13.2 Å². The second-order valence-corrected chi connectivity index (χ2v) is 4.40. The summed E-state index contributed by atoms with van der Waals surface area (Å²) in [5.74, 6) is 0. The van der Waals surface area contributed by atoms with Gasteiger partial charge < -0.3 is 15.2 Å². The fraction of sp³-hybridized carbons (Fsp3) is 0.538. The fourth-order valence-corrected chi connectivity index (χ4v) is 1.66. The third-order valence-corrected chi connectivity index (χ3v) is 2.68. The Hall–Kier alpha value is -1.11. The fourth-order valence-electron chi connectivity index (χ4n) is 1.66. The van der Waals surface area contributed by atoms with Crippen molar-refractivity contribution in [1.29, 1.82) is 0 Å². The zero-order chi connectivity index (χ0) is 14.5. The van der Waals surface area contributed by atoms with E-state index in [1.165, 1.54) is 12.1 Å². The predicted octanol–water partition coefficient (Wildman–Crippen LogP) is 2.36. The Morgan fingerprint density at radius 2 is 2.05 bits per heavy atom. The molecule has 0 radical (unpaired) electrons. The van der Waals surface area contributed by atoms with E-state index in [4.69, 9.17) is 4.74 Å². The molecule has 108 valence electrons. The van der Waals surface area contributed by atoms with Crippen molar-refractivity contribution < 1.29 is 23.0 Å². The number of halogens is 3. The summed E-state index contributed by atoms with van der Waals surface area (Å²) in [6, 6.07) is 4.73. The van der Waals surface area contributed by atoms with Gasteiger partial charge >= 0.3 is 6.18 Å². The van der Waals surface area contributed by atoms with Crippen LogP contribution < -0.4 is 5.32 Å². The molecule has 0 bridgehead atoms. The molecule has 0 aliphatic rings. The minimum atomic E-state index is -4.40. The van der Waals surface area contributed by atoms with E-state index < -0.39 is 17.8 Å². The summed E-state index contributed by atoms with van der Waals surface area (Å²) in [4.78, 5) is 0. The van der Waals surface area contributed by atoms with Crippen molar-refractivity contribution in [3.63, 3.8) is 0 Å². The minimum Gasteiger partial charge on any atom is -0.387 e. The van der Waals surface area contributed by atoms with Crippen molar-refractivity contribution in [3.05, 3.63) is 35.4 Å². The number of aliphatic hydroxyl groups excluding tert-OH is 1. The minimum absolute atomic E-state index is 0.0189. The molecule has 0 amide bonds. The highest BCUT2D eigenvalue weighted by Crippen LogP contribution is 2.30. The molecule has 2 unspecified atom stereocenters. The molecule has 1 rings (SSSR count). The maximum absolute atomic E-state index is 12.5. The number of nitrogens with one attached hydrogen (secondary N) is 1. The third kappa shape index (κ3) is 5.18. The molecule has 0 saturated carbocycles. The van der Waals surface area contributed by atoms with Crippen molar-refractivity contribution in [2.75, 3.05) is 20.3 Å². The van der Waals surface area contributed by atoms with E-state index in [9.17, 15) is 18.3 Å². The summed E-state index contributed by atoms with van der Waals surface area (Å²) in [7, 11) is 1.56. The van der Waals surface area contributed by atoms with Gasteiger partial charge in [-0.1, -0.05) is 12.1 Å². The lowest BCUT2D eigenvalue weighted by atomic mass is 10.1. The lowest BCUT2D eigenvalue weighted by Crippen LogP contribution is -2.33. The molecule has 0 fully saturated rings. The van der Waals surface area contributed by atoms with Crippen LogP contribution in [0.25, 0.3) is 0 Å². The number of aliphatic hydroxyl groups is 1. The normalized spacial score (nSPS) is 15.3. The highest BCUT2D eigenvalue weighted by Gasteiger charge is 2.30. The van der Waals surface area contributed by atoms with Crippen molar-refractivity contribution in [2.24, 2.45) is 0 Å². The Kier molecular flexibility index (Phi) is 5.78. The molecule has 0 saturated heterocycles. The van der Waals surface area contributed by atoms with E-state index >= 15 is 0 Å². The molecule has 6 heteroatoms.